The van der Waals surface area contributed by atoms with Crippen LogP contribution in [0.15, 0.2) is 0 Å². The molecule has 0 spiro atoms. The van der Waals surface area contributed by atoms with E-state index in [0.717, 1.165) is 11.4 Å². The van der Waals surface area contributed by atoms with Gasteiger partial charge in [-0.15, -0.1) is 0 Å². The molecule has 1 heterocycles. The second kappa shape index (κ2) is 5.99. The van der Waals surface area contributed by atoms with Crippen LogP contribution in [0, 0.1) is 13.8 Å². The Morgan fingerprint density at radius 1 is 1.17 bits per heavy atom. The zero-order valence-electron chi connectivity index (χ0n) is 11.2. The molecule has 0 aliphatic carbocycles. The van der Waals surface area contributed by atoms with Crippen LogP contribution in [0.1, 0.15) is 18.3 Å². The topological polar surface area (TPSA) is 84.0 Å². The van der Waals surface area contributed by atoms with Crippen molar-refractivity contribution in [2.24, 2.45) is 0 Å². The van der Waals surface area contributed by atoms with Crippen molar-refractivity contribution in [2.45, 2.75) is 20.8 Å². The van der Waals surface area contributed by atoms with Gasteiger partial charge < -0.3 is 10.6 Å². The van der Waals surface area contributed by atoms with Crippen LogP contribution in [0.3, 0.4) is 0 Å². The fourth-order valence-corrected chi connectivity index (χ4v) is 2.21. The number of hydrogen-bond acceptors (Lipinski definition) is 6. The van der Waals surface area contributed by atoms with Gasteiger partial charge in [0.05, 0.1) is 5.75 Å². The molecule has 102 valence electrons. The molecule has 18 heavy (non-hydrogen) atoms. The predicted molar refractivity (Wildman–Crippen MR) is 73.9 cm³/mol. The summed E-state index contributed by atoms with van der Waals surface area (Å²) in [5, 5.41) is 6.03. The first-order valence-corrected chi connectivity index (χ1v) is 7.69. The standard InChI is InChI=1S/C11H20N4O2S/c1-5-18(16,17)7-6-13-11-8(2)10(12-4)14-9(3)15-11/h5-7H2,1-4H3,(H2,12,13,14,15). The van der Waals surface area contributed by atoms with Gasteiger partial charge in [0.1, 0.15) is 17.5 Å². The molecule has 0 fully saturated rings. The first-order chi connectivity index (χ1) is 8.39. The van der Waals surface area contributed by atoms with Crippen molar-refractivity contribution >= 4 is 21.5 Å². The first-order valence-electron chi connectivity index (χ1n) is 5.87. The average Bonchev–Trinajstić information content (AvgIpc) is 2.33. The van der Waals surface area contributed by atoms with Gasteiger partial charge in [0.15, 0.2) is 9.84 Å². The smallest absolute Gasteiger partial charge is 0.151 e. The van der Waals surface area contributed by atoms with Crippen LogP contribution in [0.5, 0.6) is 0 Å². The van der Waals surface area contributed by atoms with Crippen molar-refractivity contribution < 1.29 is 8.42 Å². The van der Waals surface area contributed by atoms with Crippen LogP contribution < -0.4 is 10.6 Å². The Morgan fingerprint density at radius 3 is 2.33 bits per heavy atom. The summed E-state index contributed by atoms with van der Waals surface area (Å²) in [6.07, 6.45) is 0. The Balaban J connectivity index is 2.76. The maximum absolute atomic E-state index is 11.4. The van der Waals surface area contributed by atoms with E-state index in [1.807, 2.05) is 6.92 Å². The maximum Gasteiger partial charge on any atom is 0.151 e. The number of rotatable bonds is 6. The zero-order chi connectivity index (χ0) is 13.8. The molecule has 0 aliphatic rings. The minimum absolute atomic E-state index is 0.112. The summed E-state index contributed by atoms with van der Waals surface area (Å²) in [7, 11) is -1.16. The highest BCUT2D eigenvalue weighted by atomic mass is 32.2. The Kier molecular flexibility index (Phi) is 4.89. The highest BCUT2D eigenvalue weighted by Crippen LogP contribution is 2.18. The monoisotopic (exact) mass is 272 g/mol. The molecule has 1 rings (SSSR count). The van der Waals surface area contributed by atoms with Gasteiger partial charge in [0, 0.05) is 24.9 Å². The average molecular weight is 272 g/mol. The first kappa shape index (κ1) is 14.7. The molecule has 1 aromatic heterocycles. The molecular formula is C11H20N4O2S. The lowest BCUT2D eigenvalue weighted by atomic mass is 10.3. The zero-order valence-corrected chi connectivity index (χ0v) is 12.1. The number of aryl methyl sites for hydroxylation is 1. The molecule has 0 aliphatic heterocycles. The van der Waals surface area contributed by atoms with Crippen LogP contribution in [-0.4, -0.2) is 43.5 Å². The maximum atomic E-state index is 11.4. The van der Waals surface area contributed by atoms with E-state index in [4.69, 9.17) is 0 Å². The van der Waals surface area contributed by atoms with Gasteiger partial charge in [-0.1, -0.05) is 6.92 Å². The van der Waals surface area contributed by atoms with Gasteiger partial charge in [-0.3, -0.25) is 0 Å². The SMILES string of the molecule is CCS(=O)(=O)CCNc1nc(C)nc(NC)c1C. The van der Waals surface area contributed by atoms with Crippen molar-refractivity contribution in [2.75, 3.05) is 35.7 Å². The molecule has 2 N–H and O–H groups in total. The molecule has 6 nitrogen and oxygen atoms in total. The molecule has 1 aromatic rings. The van der Waals surface area contributed by atoms with Crippen molar-refractivity contribution in [3.05, 3.63) is 11.4 Å². The van der Waals surface area contributed by atoms with E-state index in [1.165, 1.54) is 0 Å². The molecule has 0 atom stereocenters. The fraction of sp³-hybridized carbons (Fsp3) is 0.636. The quantitative estimate of drug-likeness (QED) is 0.803. The highest BCUT2D eigenvalue weighted by Gasteiger charge is 2.10. The van der Waals surface area contributed by atoms with E-state index in [1.54, 1.807) is 20.9 Å². The lowest BCUT2D eigenvalue weighted by molar-refractivity contribution is 0.597. The molecule has 0 amide bonds. The van der Waals surface area contributed by atoms with Gasteiger partial charge in [0.25, 0.3) is 0 Å². The van der Waals surface area contributed by atoms with Gasteiger partial charge in [-0.05, 0) is 13.8 Å². The van der Waals surface area contributed by atoms with Gasteiger partial charge >= 0.3 is 0 Å². The van der Waals surface area contributed by atoms with Crippen molar-refractivity contribution in [3.8, 4) is 0 Å². The van der Waals surface area contributed by atoms with E-state index in [9.17, 15) is 8.42 Å². The van der Waals surface area contributed by atoms with Gasteiger partial charge in [0.2, 0.25) is 0 Å². The van der Waals surface area contributed by atoms with Crippen LogP contribution in [0.4, 0.5) is 11.6 Å². The molecular weight excluding hydrogens is 252 g/mol. The summed E-state index contributed by atoms with van der Waals surface area (Å²) >= 11 is 0. The lowest BCUT2D eigenvalue weighted by Gasteiger charge is -2.12. The number of nitrogens with one attached hydrogen (secondary N) is 2. The second-order valence-corrected chi connectivity index (χ2v) is 6.48. The Morgan fingerprint density at radius 2 is 1.78 bits per heavy atom. The summed E-state index contributed by atoms with van der Waals surface area (Å²) < 4.78 is 22.8. The molecule has 0 saturated carbocycles. The van der Waals surface area contributed by atoms with Crippen LogP contribution in [0.25, 0.3) is 0 Å². The minimum Gasteiger partial charge on any atom is -0.373 e. The number of nitrogens with zero attached hydrogens (tertiary/aromatic N) is 2. The van der Waals surface area contributed by atoms with Crippen LogP contribution >= 0.6 is 0 Å². The van der Waals surface area contributed by atoms with Crippen molar-refractivity contribution in [1.82, 2.24) is 9.97 Å². The van der Waals surface area contributed by atoms with Crippen LogP contribution in [-0.2, 0) is 9.84 Å². The predicted octanol–water partition coefficient (Wildman–Crippen LogP) is 0.982. The third-order valence-corrected chi connectivity index (χ3v) is 4.35. The Labute approximate surface area is 108 Å². The summed E-state index contributed by atoms with van der Waals surface area (Å²) in [6, 6.07) is 0. The summed E-state index contributed by atoms with van der Waals surface area (Å²) in [4.78, 5) is 8.51. The van der Waals surface area contributed by atoms with E-state index in [0.29, 0.717) is 18.2 Å². The molecule has 7 heteroatoms. The Hall–Kier alpha value is -1.37. The normalized spacial score (nSPS) is 11.3. The van der Waals surface area contributed by atoms with Crippen molar-refractivity contribution in [1.29, 1.82) is 0 Å². The van der Waals surface area contributed by atoms with E-state index in [2.05, 4.69) is 20.6 Å². The third-order valence-electron chi connectivity index (χ3n) is 2.64. The number of hydrogen-bond donors (Lipinski definition) is 2. The number of anilines is 2. The summed E-state index contributed by atoms with van der Waals surface area (Å²) in [5.74, 6) is 2.35. The van der Waals surface area contributed by atoms with Gasteiger partial charge in [-0.2, -0.15) is 0 Å². The molecule has 0 aromatic carbocycles. The lowest BCUT2D eigenvalue weighted by Crippen LogP contribution is -2.18. The second-order valence-electron chi connectivity index (χ2n) is 4.01. The van der Waals surface area contributed by atoms with Crippen LogP contribution in [0.2, 0.25) is 0 Å². The third kappa shape index (κ3) is 3.83. The summed E-state index contributed by atoms with van der Waals surface area (Å²) in [5.41, 5.74) is 0.886. The molecule has 0 saturated heterocycles. The molecule has 0 bridgehead atoms. The minimum atomic E-state index is -2.95. The Bertz CT molecular complexity index is 514. The van der Waals surface area contributed by atoms with Gasteiger partial charge in [-0.25, -0.2) is 18.4 Å². The van der Waals surface area contributed by atoms with E-state index >= 15 is 0 Å². The number of sulfone groups is 1. The van der Waals surface area contributed by atoms with E-state index in [-0.39, 0.29) is 11.5 Å². The van der Waals surface area contributed by atoms with E-state index < -0.39 is 9.84 Å². The fourth-order valence-electron chi connectivity index (χ4n) is 1.51. The molecule has 0 radical (unpaired) electrons. The largest absolute Gasteiger partial charge is 0.373 e. The van der Waals surface area contributed by atoms with Crippen molar-refractivity contribution in [3.63, 3.8) is 0 Å². The highest BCUT2D eigenvalue weighted by molar-refractivity contribution is 7.91. The molecule has 0 unspecified atom stereocenters. The summed E-state index contributed by atoms with van der Waals surface area (Å²) in [6.45, 7) is 5.70. The number of aromatic nitrogens is 2.